The van der Waals surface area contributed by atoms with Crippen LogP contribution >= 0.6 is 11.3 Å². The molecule has 0 N–H and O–H groups in total. The summed E-state index contributed by atoms with van der Waals surface area (Å²) in [4.78, 5) is 13.4. The maximum Gasteiger partial charge on any atom is 0.207 e. The predicted octanol–water partition coefficient (Wildman–Crippen LogP) is 4.22. The van der Waals surface area contributed by atoms with Gasteiger partial charge in [-0.1, -0.05) is 6.07 Å². The molecule has 1 heterocycles. The molecule has 0 fully saturated rings. The summed E-state index contributed by atoms with van der Waals surface area (Å²) in [6, 6.07) is 3.97. The zero-order chi connectivity index (χ0) is 14.2. The van der Waals surface area contributed by atoms with Gasteiger partial charge in [0.2, 0.25) is 5.78 Å². The molecule has 0 radical (unpaired) electrons. The number of hydrogen-bond donors (Lipinski definition) is 0. The summed E-state index contributed by atoms with van der Waals surface area (Å²) in [5.74, 6) is 0.724. The second-order valence-corrected chi connectivity index (χ2v) is 5.70. The number of hydrogen-bond acceptors (Lipinski definition) is 3. The fourth-order valence-corrected chi connectivity index (χ4v) is 3.10. The number of aryl methyl sites for hydroxylation is 2. The van der Waals surface area contributed by atoms with E-state index < -0.39 is 0 Å². The lowest BCUT2D eigenvalue weighted by Crippen LogP contribution is -2.08. The third-order valence-electron chi connectivity index (χ3n) is 3.65. The molecule has 0 spiro atoms. The van der Waals surface area contributed by atoms with Crippen LogP contribution in [-0.2, 0) is 0 Å². The molecular formula is C16H18O2S. The SMILES string of the molecule is COc1ccsc1C(=O)c1c(C)c(C)cc(C)c1C. The maximum atomic E-state index is 12.8. The molecule has 0 aliphatic carbocycles. The lowest BCUT2D eigenvalue weighted by Gasteiger charge is -2.14. The summed E-state index contributed by atoms with van der Waals surface area (Å²) in [6.45, 7) is 8.11. The van der Waals surface area contributed by atoms with Gasteiger partial charge in [0.1, 0.15) is 10.6 Å². The minimum Gasteiger partial charge on any atom is -0.495 e. The third kappa shape index (κ3) is 2.30. The van der Waals surface area contributed by atoms with Crippen LogP contribution in [0.1, 0.15) is 37.5 Å². The van der Waals surface area contributed by atoms with Crippen LogP contribution in [0.4, 0.5) is 0 Å². The number of thiophene rings is 1. The molecule has 0 saturated heterocycles. The van der Waals surface area contributed by atoms with Gasteiger partial charge in [-0.05, 0) is 61.4 Å². The van der Waals surface area contributed by atoms with Crippen LogP contribution < -0.4 is 4.74 Å². The molecule has 2 nitrogen and oxygen atoms in total. The molecule has 0 atom stereocenters. The summed E-state index contributed by atoms with van der Waals surface area (Å²) in [5, 5.41) is 1.89. The van der Waals surface area contributed by atoms with Crippen LogP contribution in [-0.4, -0.2) is 12.9 Å². The van der Waals surface area contributed by atoms with Crippen molar-refractivity contribution in [1.82, 2.24) is 0 Å². The first kappa shape index (κ1) is 13.8. The highest BCUT2D eigenvalue weighted by atomic mass is 32.1. The number of benzene rings is 1. The zero-order valence-electron chi connectivity index (χ0n) is 12.0. The molecule has 2 rings (SSSR count). The van der Waals surface area contributed by atoms with Crippen molar-refractivity contribution in [2.75, 3.05) is 7.11 Å². The van der Waals surface area contributed by atoms with Gasteiger partial charge in [0.25, 0.3) is 0 Å². The number of rotatable bonds is 3. The first-order chi connectivity index (χ1) is 8.97. The molecule has 0 aliphatic heterocycles. The first-order valence-corrected chi connectivity index (χ1v) is 7.09. The highest BCUT2D eigenvalue weighted by Crippen LogP contribution is 2.31. The van der Waals surface area contributed by atoms with Gasteiger partial charge in [0, 0.05) is 5.56 Å². The van der Waals surface area contributed by atoms with E-state index in [2.05, 4.69) is 6.07 Å². The van der Waals surface area contributed by atoms with Gasteiger partial charge in [-0.15, -0.1) is 11.3 Å². The minimum absolute atomic E-state index is 0.0636. The molecule has 19 heavy (non-hydrogen) atoms. The van der Waals surface area contributed by atoms with Crippen molar-refractivity contribution < 1.29 is 9.53 Å². The second-order valence-electron chi connectivity index (χ2n) is 4.78. The number of ether oxygens (including phenoxy) is 1. The smallest absolute Gasteiger partial charge is 0.207 e. The van der Waals surface area contributed by atoms with E-state index in [9.17, 15) is 4.79 Å². The van der Waals surface area contributed by atoms with Crippen molar-refractivity contribution in [2.45, 2.75) is 27.7 Å². The summed E-state index contributed by atoms with van der Waals surface area (Å²) in [5.41, 5.74) is 5.24. The van der Waals surface area contributed by atoms with Gasteiger partial charge in [-0.25, -0.2) is 0 Å². The van der Waals surface area contributed by atoms with E-state index in [0.29, 0.717) is 10.6 Å². The van der Waals surface area contributed by atoms with Crippen molar-refractivity contribution in [3.8, 4) is 5.75 Å². The van der Waals surface area contributed by atoms with E-state index in [1.807, 2.05) is 39.1 Å². The van der Waals surface area contributed by atoms with E-state index >= 15 is 0 Å². The number of carbonyl (C=O) groups is 1. The van der Waals surface area contributed by atoms with E-state index in [-0.39, 0.29) is 5.78 Å². The Morgan fingerprint density at radius 1 is 1.11 bits per heavy atom. The van der Waals surface area contributed by atoms with Crippen LogP contribution in [0.15, 0.2) is 17.5 Å². The van der Waals surface area contributed by atoms with Gasteiger partial charge < -0.3 is 4.74 Å². The van der Waals surface area contributed by atoms with E-state index in [0.717, 1.165) is 27.8 Å². The Kier molecular flexibility index (Phi) is 3.76. The highest BCUT2D eigenvalue weighted by Gasteiger charge is 2.21. The molecule has 1 aromatic carbocycles. The number of ketones is 1. The molecule has 3 heteroatoms. The van der Waals surface area contributed by atoms with Gasteiger partial charge in [-0.3, -0.25) is 4.79 Å². The van der Waals surface area contributed by atoms with E-state index in [1.54, 1.807) is 7.11 Å². The quantitative estimate of drug-likeness (QED) is 0.783. The van der Waals surface area contributed by atoms with Crippen molar-refractivity contribution in [2.24, 2.45) is 0 Å². The Labute approximate surface area is 118 Å². The van der Waals surface area contributed by atoms with Crippen LogP contribution in [0.2, 0.25) is 0 Å². The molecule has 100 valence electrons. The molecule has 0 bridgehead atoms. The summed E-state index contributed by atoms with van der Waals surface area (Å²) < 4.78 is 5.26. The number of methoxy groups -OCH3 is 1. The van der Waals surface area contributed by atoms with Crippen molar-refractivity contribution in [1.29, 1.82) is 0 Å². The zero-order valence-corrected chi connectivity index (χ0v) is 12.8. The van der Waals surface area contributed by atoms with Gasteiger partial charge in [0.05, 0.1) is 7.11 Å². The largest absolute Gasteiger partial charge is 0.495 e. The Bertz CT molecular complexity index is 612. The Morgan fingerprint density at radius 2 is 1.68 bits per heavy atom. The van der Waals surface area contributed by atoms with Crippen LogP contribution in [0.3, 0.4) is 0 Å². The Hall–Kier alpha value is -1.61. The molecule has 2 aromatic rings. The van der Waals surface area contributed by atoms with Crippen LogP contribution in [0.5, 0.6) is 5.75 Å². The molecule has 0 amide bonds. The molecule has 0 saturated carbocycles. The standard InChI is InChI=1S/C16H18O2S/c1-9-8-10(2)12(4)14(11(9)3)15(17)16-13(18-5)6-7-19-16/h6-8H,1-5H3. The Morgan fingerprint density at radius 3 is 2.21 bits per heavy atom. The van der Waals surface area contributed by atoms with Gasteiger partial charge in [0.15, 0.2) is 0 Å². The molecule has 1 aromatic heterocycles. The summed E-state index contributed by atoms with van der Waals surface area (Å²) >= 11 is 1.43. The average molecular weight is 274 g/mol. The lowest BCUT2D eigenvalue weighted by atomic mass is 9.91. The monoisotopic (exact) mass is 274 g/mol. The third-order valence-corrected chi connectivity index (χ3v) is 4.54. The second kappa shape index (κ2) is 5.17. The maximum absolute atomic E-state index is 12.8. The fraction of sp³-hybridized carbons (Fsp3) is 0.312. The summed E-state index contributed by atoms with van der Waals surface area (Å²) in [7, 11) is 1.60. The lowest BCUT2D eigenvalue weighted by molar-refractivity contribution is 0.103. The summed E-state index contributed by atoms with van der Waals surface area (Å²) in [6.07, 6.45) is 0. The number of carbonyl (C=O) groups excluding carboxylic acids is 1. The van der Waals surface area contributed by atoms with E-state index in [1.165, 1.54) is 11.3 Å². The highest BCUT2D eigenvalue weighted by molar-refractivity contribution is 7.12. The van der Waals surface area contributed by atoms with Gasteiger partial charge in [-0.2, -0.15) is 0 Å². The minimum atomic E-state index is 0.0636. The van der Waals surface area contributed by atoms with Crippen molar-refractivity contribution in [3.63, 3.8) is 0 Å². The first-order valence-electron chi connectivity index (χ1n) is 6.21. The van der Waals surface area contributed by atoms with E-state index in [4.69, 9.17) is 4.74 Å². The predicted molar refractivity (Wildman–Crippen MR) is 79.7 cm³/mol. The van der Waals surface area contributed by atoms with Crippen molar-refractivity contribution >= 4 is 17.1 Å². The average Bonchev–Trinajstić information content (AvgIpc) is 2.84. The molecular weight excluding hydrogens is 256 g/mol. The van der Waals surface area contributed by atoms with Crippen LogP contribution in [0, 0.1) is 27.7 Å². The normalized spacial score (nSPS) is 10.6. The topological polar surface area (TPSA) is 26.3 Å². The van der Waals surface area contributed by atoms with Crippen molar-refractivity contribution in [3.05, 3.63) is 50.2 Å². The molecule has 0 unspecified atom stereocenters. The Balaban J connectivity index is 2.63. The van der Waals surface area contributed by atoms with Crippen LogP contribution in [0.25, 0.3) is 0 Å². The fourth-order valence-electron chi connectivity index (χ4n) is 2.29. The molecule has 0 aliphatic rings. The van der Waals surface area contributed by atoms with Gasteiger partial charge >= 0.3 is 0 Å².